The van der Waals surface area contributed by atoms with Crippen LogP contribution in [0.2, 0.25) is 10.0 Å². The Morgan fingerprint density at radius 2 is 2.05 bits per heavy atom. The Morgan fingerprint density at radius 1 is 1.26 bits per heavy atom. The van der Waals surface area contributed by atoms with Gasteiger partial charge in [-0.05, 0) is 23.8 Å². The highest BCUT2D eigenvalue weighted by atomic mass is 35.5. The number of halogens is 3. The van der Waals surface area contributed by atoms with Gasteiger partial charge in [-0.3, -0.25) is 9.78 Å². The third-order valence-electron chi connectivity index (χ3n) is 2.40. The van der Waals surface area contributed by atoms with E-state index in [9.17, 15) is 9.18 Å². The van der Waals surface area contributed by atoms with Crippen molar-refractivity contribution < 1.29 is 9.18 Å². The molecule has 0 aliphatic carbocycles. The molecule has 0 saturated carbocycles. The maximum Gasteiger partial charge on any atom is 0.228 e. The Kier molecular flexibility index (Phi) is 4.35. The van der Waals surface area contributed by atoms with Crippen molar-refractivity contribution >= 4 is 34.8 Å². The van der Waals surface area contributed by atoms with Gasteiger partial charge >= 0.3 is 0 Å². The summed E-state index contributed by atoms with van der Waals surface area (Å²) in [6.07, 6.45) is 2.52. The molecule has 3 nitrogen and oxygen atoms in total. The number of carbonyl (C=O) groups is 1. The number of benzene rings is 1. The van der Waals surface area contributed by atoms with Crippen LogP contribution in [0.3, 0.4) is 0 Å². The average Bonchev–Trinajstić information content (AvgIpc) is 2.37. The lowest BCUT2D eigenvalue weighted by Gasteiger charge is -2.06. The quantitative estimate of drug-likeness (QED) is 0.938. The molecule has 6 heteroatoms. The molecule has 98 valence electrons. The molecule has 19 heavy (non-hydrogen) atoms. The van der Waals surface area contributed by atoms with Gasteiger partial charge < -0.3 is 5.32 Å². The largest absolute Gasteiger partial charge is 0.323 e. The summed E-state index contributed by atoms with van der Waals surface area (Å²) >= 11 is 11.6. The fourth-order valence-electron chi connectivity index (χ4n) is 1.51. The molecule has 1 aromatic carbocycles. The van der Waals surface area contributed by atoms with E-state index in [4.69, 9.17) is 23.2 Å². The maximum atomic E-state index is 13.3. The summed E-state index contributed by atoms with van der Waals surface area (Å²) < 4.78 is 13.3. The molecule has 1 amide bonds. The van der Waals surface area contributed by atoms with Gasteiger partial charge in [-0.15, -0.1) is 0 Å². The number of anilines is 1. The minimum atomic E-state index is -0.579. The first kappa shape index (κ1) is 13.8. The van der Waals surface area contributed by atoms with Crippen molar-refractivity contribution in [1.29, 1.82) is 0 Å². The third-order valence-corrected chi connectivity index (χ3v) is 3.13. The van der Waals surface area contributed by atoms with Crippen LogP contribution in [0.1, 0.15) is 5.56 Å². The summed E-state index contributed by atoms with van der Waals surface area (Å²) in [5.41, 5.74) is 0.793. The normalized spacial score (nSPS) is 10.3. The SMILES string of the molecule is O=C(Cc1ccc(Cl)c(Cl)c1)Nc1ccncc1F. The van der Waals surface area contributed by atoms with Crippen LogP contribution in [-0.2, 0) is 11.2 Å². The van der Waals surface area contributed by atoms with Gasteiger partial charge in [0.05, 0.1) is 28.4 Å². The van der Waals surface area contributed by atoms with Crippen LogP contribution in [0.5, 0.6) is 0 Å². The predicted octanol–water partition coefficient (Wildman–Crippen LogP) is 3.71. The topological polar surface area (TPSA) is 42.0 Å². The monoisotopic (exact) mass is 298 g/mol. The Bertz CT molecular complexity index is 619. The first-order valence-electron chi connectivity index (χ1n) is 5.39. The van der Waals surface area contributed by atoms with Gasteiger partial charge in [-0.25, -0.2) is 4.39 Å². The summed E-state index contributed by atoms with van der Waals surface area (Å²) in [6, 6.07) is 6.30. The molecule has 2 rings (SSSR count). The Labute approximate surface area is 119 Å². The van der Waals surface area contributed by atoms with Gasteiger partial charge in [0.15, 0.2) is 5.82 Å². The van der Waals surface area contributed by atoms with Gasteiger partial charge in [0.2, 0.25) is 5.91 Å². The van der Waals surface area contributed by atoms with E-state index >= 15 is 0 Å². The lowest BCUT2D eigenvalue weighted by molar-refractivity contribution is -0.115. The van der Waals surface area contributed by atoms with Crippen LogP contribution in [-0.4, -0.2) is 10.9 Å². The number of carbonyl (C=O) groups excluding carboxylic acids is 1. The summed E-state index contributed by atoms with van der Waals surface area (Å²) in [5.74, 6) is -0.923. The van der Waals surface area contributed by atoms with E-state index in [1.165, 1.54) is 12.3 Å². The summed E-state index contributed by atoms with van der Waals surface area (Å²) in [5, 5.41) is 3.26. The standard InChI is InChI=1S/C13H9Cl2FN2O/c14-9-2-1-8(5-10(9)15)6-13(19)18-12-3-4-17-7-11(12)16/h1-5,7H,6H2,(H,17,18,19). The number of pyridine rings is 1. The fraction of sp³-hybridized carbons (Fsp3) is 0.0769. The Hall–Kier alpha value is -1.65. The third kappa shape index (κ3) is 3.66. The van der Waals surface area contributed by atoms with Gasteiger partial charge in [-0.1, -0.05) is 29.3 Å². The number of amides is 1. The molecule has 0 radical (unpaired) electrons. The molecule has 1 N–H and O–H groups in total. The molecular weight excluding hydrogens is 290 g/mol. The number of rotatable bonds is 3. The smallest absolute Gasteiger partial charge is 0.228 e. The second-order valence-corrected chi connectivity index (χ2v) is 4.64. The lowest BCUT2D eigenvalue weighted by atomic mass is 10.1. The van der Waals surface area contributed by atoms with E-state index < -0.39 is 5.82 Å². The van der Waals surface area contributed by atoms with Crippen molar-refractivity contribution in [2.24, 2.45) is 0 Å². The zero-order valence-corrected chi connectivity index (χ0v) is 11.2. The summed E-state index contributed by atoms with van der Waals surface area (Å²) in [6.45, 7) is 0. The average molecular weight is 299 g/mol. The van der Waals surface area contributed by atoms with E-state index in [0.29, 0.717) is 15.6 Å². The number of nitrogens with zero attached hydrogens (tertiary/aromatic N) is 1. The van der Waals surface area contributed by atoms with E-state index in [2.05, 4.69) is 10.3 Å². The summed E-state index contributed by atoms with van der Waals surface area (Å²) in [7, 11) is 0. The predicted molar refractivity (Wildman–Crippen MR) is 73.0 cm³/mol. The minimum absolute atomic E-state index is 0.0820. The number of hydrogen-bond donors (Lipinski definition) is 1. The zero-order valence-electron chi connectivity index (χ0n) is 9.66. The van der Waals surface area contributed by atoms with Crippen molar-refractivity contribution in [1.82, 2.24) is 4.98 Å². The maximum absolute atomic E-state index is 13.3. The summed E-state index contributed by atoms with van der Waals surface area (Å²) in [4.78, 5) is 15.4. The van der Waals surface area contributed by atoms with Crippen LogP contribution in [0.25, 0.3) is 0 Å². The zero-order chi connectivity index (χ0) is 13.8. The van der Waals surface area contributed by atoms with Crippen molar-refractivity contribution in [2.45, 2.75) is 6.42 Å². The van der Waals surface area contributed by atoms with Gasteiger partial charge in [-0.2, -0.15) is 0 Å². The molecule has 0 fully saturated rings. The van der Waals surface area contributed by atoms with Gasteiger partial charge in [0.25, 0.3) is 0 Å². The molecular formula is C13H9Cl2FN2O. The Balaban J connectivity index is 2.05. The Morgan fingerprint density at radius 3 is 2.74 bits per heavy atom. The fourth-order valence-corrected chi connectivity index (χ4v) is 1.83. The van der Waals surface area contributed by atoms with E-state index in [1.807, 2.05) is 0 Å². The number of aromatic nitrogens is 1. The highest BCUT2D eigenvalue weighted by molar-refractivity contribution is 6.42. The van der Waals surface area contributed by atoms with Gasteiger partial charge in [0, 0.05) is 6.20 Å². The van der Waals surface area contributed by atoms with Crippen LogP contribution < -0.4 is 5.32 Å². The molecule has 0 aliphatic heterocycles. The van der Waals surface area contributed by atoms with Crippen LogP contribution in [0.15, 0.2) is 36.7 Å². The molecule has 0 bridgehead atoms. The number of nitrogens with one attached hydrogen (secondary N) is 1. The van der Waals surface area contributed by atoms with Crippen LogP contribution >= 0.6 is 23.2 Å². The lowest BCUT2D eigenvalue weighted by Crippen LogP contribution is -2.15. The first-order chi connectivity index (χ1) is 9.06. The molecule has 0 atom stereocenters. The molecule has 1 aromatic heterocycles. The highest BCUT2D eigenvalue weighted by Crippen LogP contribution is 2.23. The molecule has 0 unspecified atom stereocenters. The number of hydrogen-bond acceptors (Lipinski definition) is 2. The second-order valence-electron chi connectivity index (χ2n) is 3.83. The van der Waals surface area contributed by atoms with Crippen LogP contribution in [0, 0.1) is 5.82 Å². The van der Waals surface area contributed by atoms with E-state index in [1.54, 1.807) is 18.2 Å². The van der Waals surface area contributed by atoms with E-state index in [-0.39, 0.29) is 18.0 Å². The molecule has 0 saturated heterocycles. The van der Waals surface area contributed by atoms with Crippen molar-refractivity contribution in [2.75, 3.05) is 5.32 Å². The molecule has 0 spiro atoms. The van der Waals surface area contributed by atoms with Crippen molar-refractivity contribution in [3.63, 3.8) is 0 Å². The highest BCUT2D eigenvalue weighted by Gasteiger charge is 2.08. The minimum Gasteiger partial charge on any atom is -0.323 e. The molecule has 1 heterocycles. The second kappa shape index (κ2) is 5.99. The first-order valence-corrected chi connectivity index (χ1v) is 6.15. The molecule has 2 aromatic rings. The van der Waals surface area contributed by atoms with Crippen molar-refractivity contribution in [3.8, 4) is 0 Å². The van der Waals surface area contributed by atoms with Gasteiger partial charge in [0.1, 0.15) is 0 Å². The molecule has 0 aliphatic rings. The van der Waals surface area contributed by atoms with Crippen LogP contribution in [0.4, 0.5) is 10.1 Å². The van der Waals surface area contributed by atoms with E-state index in [0.717, 1.165) is 6.20 Å². The van der Waals surface area contributed by atoms with Crippen molar-refractivity contribution in [3.05, 3.63) is 58.1 Å².